The zero-order valence-electron chi connectivity index (χ0n) is 6.79. The van der Waals surface area contributed by atoms with Crippen LogP contribution in [0.25, 0.3) is 0 Å². The third-order valence-corrected chi connectivity index (χ3v) is 2.33. The first-order valence-corrected chi connectivity index (χ1v) is 4.16. The number of carbonyl (C=O) groups is 2. The van der Waals surface area contributed by atoms with Gasteiger partial charge in [-0.2, -0.15) is 0 Å². The monoisotopic (exact) mass is 184 g/mol. The van der Waals surface area contributed by atoms with Crippen molar-refractivity contribution in [3.63, 3.8) is 0 Å². The van der Waals surface area contributed by atoms with Gasteiger partial charge in [-0.3, -0.25) is 4.79 Å². The van der Waals surface area contributed by atoms with Crippen LogP contribution in [0.2, 0.25) is 0 Å². The van der Waals surface area contributed by atoms with E-state index in [1.807, 2.05) is 6.92 Å². The van der Waals surface area contributed by atoms with Crippen molar-refractivity contribution in [1.82, 2.24) is 0 Å². The summed E-state index contributed by atoms with van der Waals surface area (Å²) in [6.45, 7) is 1.87. The number of aryl methyl sites for hydroxylation is 1. The number of carbonyl (C=O) groups excluding carboxylic acids is 2. The number of methoxy groups -OCH3 is 1. The van der Waals surface area contributed by atoms with E-state index >= 15 is 0 Å². The SMILES string of the molecule is COC(=O)C(=O)c1ccc(C)s1. The maximum absolute atomic E-state index is 11.1. The van der Waals surface area contributed by atoms with Gasteiger partial charge < -0.3 is 4.74 Å². The number of thiophene rings is 1. The Bertz CT molecular complexity index is 314. The van der Waals surface area contributed by atoms with Gasteiger partial charge in [0.2, 0.25) is 0 Å². The number of ether oxygens (including phenoxy) is 1. The second-order valence-electron chi connectivity index (χ2n) is 2.23. The molecular formula is C8H8O3S. The van der Waals surface area contributed by atoms with Crippen molar-refractivity contribution in [2.75, 3.05) is 7.11 Å². The molecule has 0 aliphatic heterocycles. The molecule has 0 unspecified atom stereocenters. The smallest absolute Gasteiger partial charge is 0.380 e. The molecule has 0 saturated carbocycles. The Morgan fingerprint density at radius 2 is 2.08 bits per heavy atom. The molecule has 0 saturated heterocycles. The lowest BCUT2D eigenvalue weighted by Gasteiger charge is -1.93. The van der Waals surface area contributed by atoms with E-state index in [1.165, 1.54) is 18.4 Å². The number of hydrogen-bond donors (Lipinski definition) is 0. The van der Waals surface area contributed by atoms with Gasteiger partial charge in [-0.05, 0) is 19.1 Å². The molecule has 0 N–H and O–H groups in total. The summed E-state index contributed by atoms with van der Waals surface area (Å²) in [4.78, 5) is 23.3. The second-order valence-corrected chi connectivity index (χ2v) is 3.52. The highest BCUT2D eigenvalue weighted by molar-refractivity contribution is 7.14. The van der Waals surface area contributed by atoms with Crippen molar-refractivity contribution in [1.29, 1.82) is 0 Å². The molecule has 0 amide bonds. The molecule has 0 fully saturated rings. The zero-order chi connectivity index (χ0) is 9.14. The number of esters is 1. The lowest BCUT2D eigenvalue weighted by atomic mass is 10.3. The van der Waals surface area contributed by atoms with E-state index in [4.69, 9.17) is 0 Å². The van der Waals surface area contributed by atoms with Crippen LogP contribution >= 0.6 is 11.3 Å². The Hall–Kier alpha value is -1.16. The molecule has 3 nitrogen and oxygen atoms in total. The summed E-state index contributed by atoms with van der Waals surface area (Å²) in [5.74, 6) is -1.38. The Labute approximate surface area is 74.0 Å². The molecule has 64 valence electrons. The van der Waals surface area contributed by atoms with Crippen LogP contribution in [0.4, 0.5) is 0 Å². The third-order valence-electron chi connectivity index (χ3n) is 1.33. The van der Waals surface area contributed by atoms with Crippen molar-refractivity contribution in [3.05, 3.63) is 21.9 Å². The molecule has 0 atom stereocenters. The van der Waals surface area contributed by atoms with Gasteiger partial charge in [0.15, 0.2) is 0 Å². The van der Waals surface area contributed by atoms with Crippen LogP contribution in [0.3, 0.4) is 0 Å². The molecular weight excluding hydrogens is 176 g/mol. The van der Waals surface area contributed by atoms with Crippen molar-refractivity contribution >= 4 is 23.1 Å². The fourth-order valence-corrected chi connectivity index (χ4v) is 1.54. The summed E-state index contributed by atoms with van der Waals surface area (Å²) in [5.41, 5.74) is 0. The van der Waals surface area contributed by atoms with E-state index in [0.29, 0.717) is 4.88 Å². The molecule has 0 spiro atoms. The maximum atomic E-state index is 11.1. The molecule has 4 heteroatoms. The molecule has 0 aromatic carbocycles. The molecule has 1 aromatic heterocycles. The predicted molar refractivity (Wildman–Crippen MR) is 45.4 cm³/mol. The minimum atomic E-state index is -0.808. The lowest BCUT2D eigenvalue weighted by Crippen LogP contribution is -2.13. The molecule has 0 bridgehead atoms. The van der Waals surface area contributed by atoms with E-state index < -0.39 is 11.8 Å². The first kappa shape index (κ1) is 8.93. The van der Waals surface area contributed by atoms with Crippen LogP contribution in [0, 0.1) is 6.92 Å². The highest BCUT2D eigenvalue weighted by Crippen LogP contribution is 2.15. The average Bonchev–Trinajstić information content (AvgIpc) is 2.49. The van der Waals surface area contributed by atoms with Crippen molar-refractivity contribution in [2.45, 2.75) is 6.92 Å². The average molecular weight is 184 g/mol. The number of rotatable bonds is 2. The summed E-state index contributed by atoms with van der Waals surface area (Å²) in [7, 11) is 1.20. The third kappa shape index (κ3) is 1.71. The summed E-state index contributed by atoms with van der Waals surface area (Å²) >= 11 is 1.29. The Morgan fingerprint density at radius 3 is 2.50 bits per heavy atom. The minimum Gasteiger partial charge on any atom is -0.463 e. The molecule has 1 rings (SSSR count). The van der Waals surface area contributed by atoms with Crippen LogP contribution < -0.4 is 0 Å². The largest absolute Gasteiger partial charge is 0.463 e. The fourth-order valence-electron chi connectivity index (χ4n) is 0.750. The highest BCUT2D eigenvalue weighted by Gasteiger charge is 2.17. The van der Waals surface area contributed by atoms with Gasteiger partial charge in [-0.15, -0.1) is 11.3 Å². The molecule has 1 aromatic rings. The standard InChI is InChI=1S/C8H8O3S/c1-5-3-4-6(12-5)7(9)8(10)11-2/h3-4H,1-2H3. The van der Waals surface area contributed by atoms with Crippen LogP contribution in [-0.4, -0.2) is 18.9 Å². The summed E-state index contributed by atoms with van der Waals surface area (Å²) in [6.07, 6.45) is 0. The first-order valence-electron chi connectivity index (χ1n) is 3.34. The number of Topliss-reactive ketones (excluding diaryl/α,β-unsaturated/α-hetero) is 1. The quantitative estimate of drug-likeness (QED) is 0.396. The van der Waals surface area contributed by atoms with Gasteiger partial charge in [0.1, 0.15) is 0 Å². The topological polar surface area (TPSA) is 43.4 Å². The van der Waals surface area contributed by atoms with E-state index in [0.717, 1.165) is 4.88 Å². The van der Waals surface area contributed by atoms with Crippen molar-refractivity contribution in [2.24, 2.45) is 0 Å². The van der Waals surface area contributed by atoms with Gasteiger partial charge in [0.25, 0.3) is 5.78 Å². The van der Waals surface area contributed by atoms with Crippen molar-refractivity contribution in [3.8, 4) is 0 Å². The van der Waals surface area contributed by atoms with Gasteiger partial charge in [0, 0.05) is 4.88 Å². The Balaban J connectivity index is 2.85. The Morgan fingerprint density at radius 1 is 1.42 bits per heavy atom. The zero-order valence-corrected chi connectivity index (χ0v) is 7.60. The van der Waals surface area contributed by atoms with Gasteiger partial charge in [-0.25, -0.2) is 4.79 Å². The summed E-state index contributed by atoms with van der Waals surface area (Å²) in [5, 5.41) is 0. The predicted octanol–water partition coefficient (Wildman–Crippen LogP) is 1.41. The fraction of sp³-hybridized carbons (Fsp3) is 0.250. The van der Waals surface area contributed by atoms with Crippen molar-refractivity contribution < 1.29 is 14.3 Å². The lowest BCUT2D eigenvalue weighted by molar-refractivity contribution is -0.135. The van der Waals surface area contributed by atoms with E-state index in [1.54, 1.807) is 12.1 Å². The van der Waals surface area contributed by atoms with Crippen LogP contribution in [0.15, 0.2) is 12.1 Å². The molecule has 1 heterocycles. The van der Waals surface area contributed by atoms with Crippen LogP contribution in [-0.2, 0) is 9.53 Å². The van der Waals surface area contributed by atoms with Gasteiger partial charge in [0.05, 0.1) is 12.0 Å². The summed E-state index contributed by atoms with van der Waals surface area (Å²) < 4.78 is 4.29. The second kappa shape index (κ2) is 3.49. The van der Waals surface area contributed by atoms with E-state index in [-0.39, 0.29) is 0 Å². The molecule has 0 radical (unpaired) electrons. The van der Waals surface area contributed by atoms with Crippen LogP contribution in [0.5, 0.6) is 0 Å². The summed E-state index contributed by atoms with van der Waals surface area (Å²) in [6, 6.07) is 3.42. The van der Waals surface area contributed by atoms with E-state index in [2.05, 4.69) is 4.74 Å². The minimum absolute atomic E-state index is 0.430. The Kier molecular flexibility index (Phi) is 2.60. The molecule has 12 heavy (non-hydrogen) atoms. The molecule has 0 aliphatic carbocycles. The van der Waals surface area contributed by atoms with Gasteiger partial charge in [-0.1, -0.05) is 0 Å². The maximum Gasteiger partial charge on any atom is 0.380 e. The molecule has 0 aliphatic rings. The number of hydrogen-bond acceptors (Lipinski definition) is 4. The first-order chi connectivity index (χ1) is 5.65. The highest BCUT2D eigenvalue weighted by atomic mass is 32.1. The normalized spacial score (nSPS) is 9.50. The van der Waals surface area contributed by atoms with E-state index in [9.17, 15) is 9.59 Å². The number of ketones is 1. The van der Waals surface area contributed by atoms with Crippen LogP contribution in [0.1, 0.15) is 14.5 Å². The van der Waals surface area contributed by atoms with Gasteiger partial charge >= 0.3 is 5.97 Å².